The van der Waals surface area contributed by atoms with Gasteiger partial charge >= 0.3 is 5.97 Å². The van der Waals surface area contributed by atoms with Crippen LogP contribution in [-0.2, 0) is 4.79 Å². The van der Waals surface area contributed by atoms with Crippen molar-refractivity contribution in [2.45, 2.75) is 53.9 Å². The predicted molar refractivity (Wildman–Crippen MR) is 73.0 cm³/mol. The third-order valence-electron chi connectivity index (χ3n) is 2.93. The summed E-state index contributed by atoms with van der Waals surface area (Å²) in [6.45, 7) is 10.2. The van der Waals surface area contributed by atoms with Crippen molar-refractivity contribution in [2.75, 3.05) is 0 Å². The summed E-state index contributed by atoms with van der Waals surface area (Å²) >= 11 is 0. The molecule has 0 amide bonds. The van der Waals surface area contributed by atoms with Crippen LogP contribution in [0.5, 0.6) is 0 Å². The van der Waals surface area contributed by atoms with Gasteiger partial charge in [-0.3, -0.25) is 4.79 Å². The number of aliphatic carboxylic acids is 1. The van der Waals surface area contributed by atoms with Crippen LogP contribution in [-0.4, -0.2) is 11.1 Å². The Hall–Kier alpha value is -1.05. The summed E-state index contributed by atoms with van der Waals surface area (Å²) in [5.41, 5.74) is 2.62. The van der Waals surface area contributed by atoms with Crippen LogP contribution in [0.25, 0.3) is 0 Å². The number of carboxylic acid groups (broad SMARTS) is 1. The highest BCUT2D eigenvalue weighted by atomic mass is 16.4. The van der Waals surface area contributed by atoms with Crippen LogP contribution in [0.3, 0.4) is 0 Å². The Morgan fingerprint density at radius 2 is 1.76 bits per heavy atom. The van der Waals surface area contributed by atoms with Gasteiger partial charge in [0, 0.05) is 0 Å². The summed E-state index contributed by atoms with van der Waals surface area (Å²) in [5, 5.41) is 9.07. The molecule has 0 saturated carbocycles. The van der Waals surface area contributed by atoms with E-state index >= 15 is 0 Å². The van der Waals surface area contributed by atoms with Crippen LogP contribution in [0.4, 0.5) is 0 Å². The molecule has 1 unspecified atom stereocenters. The van der Waals surface area contributed by atoms with Gasteiger partial charge in [0.15, 0.2) is 0 Å². The standard InChI is InChI=1S/C15H26O2/c1-11(2)7-6-8-13(5)9-10-14(12(3)4)15(16)17/h7,9,12,14H,6,8,10H2,1-5H3,(H,16,17). The zero-order valence-electron chi connectivity index (χ0n) is 11.8. The summed E-state index contributed by atoms with van der Waals surface area (Å²) in [4.78, 5) is 11.0. The first-order valence-corrected chi connectivity index (χ1v) is 6.36. The van der Waals surface area contributed by atoms with Gasteiger partial charge in [0.2, 0.25) is 0 Å². The highest BCUT2D eigenvalue weighted by Crippen LogP contribution is 2.18. The van der Waals surface area contributed by atoms with Gasteiger partial charge in [0.05, 0.1) is 5.92 Å². The molecule has 17 heavy (non-hydrogen) atoms. The minimum Gasteiger partial charge on any atom is -0.481 e. The van der Waals surface area contributed by atoms with Crippen LogP contribution in [0.1, 0.15) is 53.9 Å². The van der Waals surface area contributed by atoms with E-state index in [1.165, 1.54) is 11.1 Å². The first kappa shape index (κ1) is 16.0. The lowest BCUT2D eigenvalue weighted by Crippen LogP contribution is -2.18. The zero-order valence-corrected chi connectivity index (χ0v) is 11.8. The number of carbonyl (C=O) groups is 1. The zero-order chi connectivity index (χ0) is 13.4. The Morgan fingerprint density at radius 3 is 2.18 bits per heavy atom. The molecule has 0 aromatic carbocycles. The minimum atomic E-state index is -0.687. The molecule has 0 aromatic rings. The molecule has 2 heteroatoms. The number of hydrogen-bond donors (Lipinski definition) is 1. The molecule has 0 rings (SSSR count). The number of hydrogen-bond acceptors (Lipinski definition) is 1. The van der Waals surface area contributed by atoms with E-state index in [1.54, 1.807) is 0 Å². The van der Waals surface area contributed by atoms with Crippen molar-refractivity contribution in [3.05, 3.63) is 23.3 Å². The van der Waals surface area contributed by atoms with Gasteiger partial charge in [-0.1, -0.05) is 37.1 Å². The highest BCUT2D eigenvalue weighted by Gasteiger charge is 2.19. The summed E-state index contributed by atoms with van der Waals surface area (Å²) in [6.07, 6.45) is 7.01. The molecular weight excluding hydrogens is 212 g/mol. The van der Waals surface area contributed by atoms with E-state index in [2.05, 4.69) is 32.9 Å². The third kappa shape index (κ3) is 7.78. The second kappa shape index (κ2) is 8.10. The van der Waals surface area contributed by atoms with Crippen molar-refractivity contribution < 1.29 is 9.90 Å². The molecule has 0 fully saturated rings. The second-order valence-electron chi connectivity index (χ2n) is 5.30. The Balaban J connectivity index is 4.20. The summed E-state index contributed by atoms with van der Waals surface area (Å²) in [7, 11) is 0. The van der Waals surface area contributed by atoms with Crippen molar-refractivity contribution >= 4 is 5.97 Å². The first-order chi connectivity index (χ1) is 7.84. The van der Waals surface area contributed by atoms with E-state index < -0.39 is 5.97 Å². The fraction of sp³-hybridized carbons (Fsp3) is 0.667. The molecule has 0 radical (unpaired) electrons. The van der Waals surface area contributed by atoms with Gasteiger partial charge in [-0.2, -0.15) is 0 Å². The molecule has 1 atom stereocenters. The van der Waals surface area contributed by atoms with Gasteiger partial charge in [-0.25, -0.2) is 0 Å². The first-order valence-electron chi connectivity index (χ1n) is 6.36. The Labute approximate surface area is 105 Å². The molecule has 0 saturated heterocycles. The van der Waals surface area contributed by atoms with Gasteiger partial charge in [0.25, 0.3) is 0 Å². The normalized spacial score (nSPS) is 13.6. The second-order valence-corrected chi connectivity index (χ2v) is 5.30. The van der Waals surface area contributed by atoms with Gasteiger partial charge < -0.3 is 5.11 Å². The maximum Gasteiger partial charge on any atom is 0.307 e. The van der Waals surface area contributed by atoms with Crippen molar-refractivity contribution in [3.8, 4) is 0 Å². The van der Waals surface area contributed by atoms with Crippen LogP contribution in [0, 0.1) is 11.8 Å². The van der Waals surface area contributed by atoms with Crippen LogP contribution >= 0.6 is 0 Å². The topological polar surface area (TPSA) is 37.3 Å². The van der Waals surface area contributed by atoms with Crippen molar-refractivity contribution in [3.63, 3.8) is 0 Å². The third-order valence-corrected chi connectivity index (χ3v) is 2.93. The van der Waals surface area contributed by atoms with Gasteiger partial charge in [0.1, 0.15) is 0 Å². The molecule has 0 spiro atoms. The quantitative estimate of drug-likeness (QED) is 0.666. The smallest absolute Gasteiger partial charge is 0.307 e. The molecule has 2 nitrogen and oxygen atoms in total. The van der Waals surface area contributed by atoms with Crippen LogP contribution < -0.4 is 0 Å². The van der Waals surface area contributed by atoms with Crippen LogP contribution in [0.15, 0.2) is 23.3 Å². The number of allylic oxidation sites excluding steroid dienone is 4. The van der Waals surface area contributed by atoms with E-state index in [0.717, 1.165) is 12.8 Å². The monoisotopic (exact) mass is 238 g/mol. The molecule has 0 bridgehead atoms. The lowest BCUT2D eigenvalue weighted by atomic mass is 9.91. The Bertz CT molecular complexity index is 294. The van der Waals surface area contributed by atoms with E-state index in [9.17, 15) is 4.79 Å². The summed E-state index contributed by atoms with van der Waals surface area (Å²) in [6, 6.07) is 0. The van der Waals surface area contributed by atoms with E-state index in [4.69, 9.17) is 5.11 Å². The lowest BCUT2D eigenvalue weighted by molar-refractivity contribution is -0.143. The molecule has 0 aliphatic rings. The van der Waals surface area contributed by atoms with E-state index in [1.807, 2.05) is 13.8 Å². The summed E-state index contributed by atoms with van der Waals surface area (Å²) < 4.78 is 0. The lowest BCUT2D eigenvalue weighted by Gasteiger charge is -2.14. The maximum absolute atomic E-state index is 11.0. The molecule has 0 aromatic heterocycles. The average Bonchev–Trinajstić information content (AvgIpc) is 2.15. The van der Waals surface area contributed by atoms with Crippen LogP contribution in [0.2, 0.25) is 0 Å². The van der Waals surface area contributed by atoms with Gasteiger partial charge in [-0.15, -0.1) is 0 Å². The largest absolute Gasteiger partial charge is 0.481 e. The predicted octanol–water partition coefficient (Wildman–Crippen LogP) is 4.43. The number of carboxylic acids is 1. The van der Waals surface area contributed by atoms with E-state index in [-0.39, 0.29) is 11.8 Å². The Morgan fingerprint density at radius 1 is 1.18 bits per heavy atom. The summed E-state index contributed by atoms with van der Waals surface area (Å²) in [5.74, 6) is -0.754. The van der Waals surface area contributed by atoms with Crippen molar-refractivity contribution in [2.24, 2.45) is 11.8 Å². The van der Waals surface area contributed by atoms with Gasteiger partial charge in [-0.05, 0) is 46.0 Å². The minimum absolute atomic E-state index is 0.189. The molecule has 0 heterocycles. The highest BCUT2D eigenvalue weighted by molar-refractivity contribution is 5.70. The van der Waals surface area contributed by atoms with Crippen molar-refractivity contribution in [1.29, 1.82) is 0 Å². The fourth-order valence-corrected chi connectivity index (χ4v) is 1.68. The molecule has 98 valence electrons. The van der Waals surface area contributed by atoms with Crippen molar-refractivity contribution in [1.82, 2.24) is 0 Å². The SMILES string of the molecule is CC(C)=CCCC(C)=CCC(C(=O)O)C(C)C. The maximum atomic E-state index is 11.0. The molecule has 0 aliphatic heterocycles. The molecule has 0 aliphatic carbocycles. The number of rotatable bonds is 7. The van der Waals surface area contributed by atoms with E-state index in [0.29, 0.717) is 6.42 Å². The fourth-order valence-electron chi connectivity index (χ4n) is 1.68. The molecular formula is C15H26O2. The average molecular weight is 238 g/mol. The Kier molecular flexibility index (Phi) is 7.60. The molecule has 1 N–H and O–H groups in total.